The molecular weight excluding hydrogens is 502 g/mol. The number of benzene rings is 2. The molecule has 2 heterocycles. The van der Waals surface area contributed by atoms with E-state index in [2.05, 4.69) is 28.5 Å². The number of hydrogen-bond acceptors (Lipinski definition) is 5. The Hall–Kier alpha value is -3.39. The third-order valence-corrected chi connectivity index (χ3v) is 8.18. The van der Waals surface area contributed by atoms with E-state index in [1.165, 1.54) is 25.7 Å². The molecule has 2 aromatic rings. The van der Waals surface area contributed by atoms with Crippen LogP contribution in [-0.2, 0) is 4.79 Å². The van der Waals surface area contributed by atoms with Crippen LogP contribution in [0.5, 0.6) is 5.75 Å². The van der Waals surface area contributed by atoms with Gasteiger partial charge in [0.25, 0.3) is 5.91 Å². The average Bonchev–Trinajstić information content (AvgIpc) is 3.10. The van der Waals surface area contributed by atoms with Crippen LogP contribution < -0.4 is 20.3 Å². The predicted molar refractivity (Wildman–Crippen MR) is 160 cm³/mol. The fraction of sp³-hybridized carbons (Fsp3) is 0.531. The molecule has 1 saturated heterocycles. The third-order valence-electron chi connectivity index (χ3n) is 8.18. The number of para-hydroxylation sites is 1. The van der Waals surface area contributed by atoms with Crippen molar-refractivity contribution in [2.75, 3.05) is 43.0 Å². The lowest BCUT2D eigenvalue weighted by Gasteiger charge is -2.26. The number of amides is 3. The Kier molecular flexibility index (Phi) is 9.71. The monoisotopic (exact) mass is 545 g/mol. The molecule has 8 nitrogen and oxygen atoms in total. The fourth-order valence-corrected chi connectivity index (χ4v) is 6.11. The molecular formula is C32H43N5O3. The molecule has 2 aromatic carbocycles. The van der Waals surface area contributed by atoms with E-state index in [0.717, 1.165) is 74.5 Å². The summed E-state index contributed by atoms with van der Waals surface area (Å²) in [6.07, 6.45) is 9.37. The lowest BCUT2D eigenvalue weighted by molar-refractivity contribution is -0.120. The number of nitrogens with one attached hydrogen (secondary N) is 2. The molecule has 1 unspecified atom stereocenters. The number of hydrogen-bond donors (Lipinski definition) is 2. The van der Waals surface area contributed by atoms with Crippen LogP contribution >= 0.6 is 0 Å². The summed E-state index contributed by atoms with van der Waals surface area (Å²) in [5, 5.41) is 5.74. The summed E-state index contributed by atoms with van der Waals surface area (Å²) in [6, 6.07) is 15.0. The van der Waals surface area contributed by atoms with Gasteiger partial charge < -0.3 is 20.3 Å². The summed E-state index contributed by atoms with van der Waals surface area (Å²) < 4.78 is 5.92. The van der Waals surface area contributed by atoms with Crippen LogP contribution in [0.4, 0.5) is 16.2 Å². The van der Waals surface area contributed by atoms with E-state index < -0.39 is 12.2 Å². The summed E-state index contributed by atoms with van der Waals surface area (Å²) in [5.74, 6) is 0.864. The van der Waals surface area contributed by atoms with Crippen molar-refractivity contribution >= 4 is 29.0 Å². The van der Waals surface area contributed by atoms with E-state index >= 15 is 0 Å². The average molecular weight is 546 g/mol. The van der Waals surface area contributed by atoms with Crippen molar-refractivity contribution in [3.63, 3.8) is 0 Å². The minimum atomic E-state index is -0.978. The van der Waals surface area contributed by atoms with Crippen molar-refractivity contribution < 1.29 is 14.3 Å². The van der Waals surface area contributed by atoms with Crippen LogP contribution in [0.2, 0.25) is 0 Å². The number of carbonyl (C=O) groups is 2. The molecule has 5 rings (SSSR count). The highest BCUT2D eigenvalue weighted by Gasteiger charge is 2.34. The van der Waals surface area contributed by atoms with Crippen molar-refractivity contribution in [1.29, 1.82) is 0 Å². The Morgan fingerprint density at radius 3 is 2.42 bits per heavy atom. The fourth-order valence-electron chi connectivity index (χ4n) is 6.11. The molecule has 1 atom stereocenters. The van der Waals surface area contributed by atoms with Crippen molar-refractivity contribution in [3.8, 4) is 5.75 Å². The van der Waals surface area contributed by atoms with Gasteiger partial charge >= 0.3 is 6.03 Å². The van der Waals surface area contributed by atoms with Gasteiger partial charge in [0.05, 0.1) is 11.4 Å². The van der Waals surface area contributed by atoms with Gasteiger partial charge in [0.2, 0.25) is 6.17 Å². The summed E-state index contributed by atoms with van der Waals surface area (Å²) in [7, 11) is 0. The maximum absolute atomic E-state index is 13.7. The topological polar surface area (TPSA) is 86.3 Å². The molecule has 40 heavy (non-hydrogen) atoms. The van der Waals surface area contributed by atoms with Gasteiger partial charge in [-0.3, -0.25) is 14.7 Å². The number of likely N-dealkylation sites (tertiary alicyclic amines) is 1. The highest BCUT2D eigenvalue weighted by Crippen LogP contribution is 2.34. The van der Waals surface area contributed by atoms with Gasteiger partial charge in [-0.05, 0) is 75.5 Å². The number of benzodiazepines with no additional fused rings is 1. The molecule has 2 N–H and O–H groups in total. The maximum Gasteiger partial charge on any atom is 0.321 e. The quantitative estimate of drug-likeness (QED) is 0.415. The lowest BCUT2D eigenvalue weighted by atomic mass is 9.83. The molecule has 0 radical (unpaired) electrons. The highest BCUT2D eigenvalue weighted by atomic mass is 16.5. The van der Waals surface area contributed by atoms with E-state index in [1.54, 1.807) is 4.90 Å². The standard InChI is InChI=1S/C32H43N5O3/c1-2-19-37-28-14-8-7-13-27(28)29(24-11-5-3-6-12-24)34-30(31(37)38)35-32(39)33-25-15-17-26(18-16-25)40-23-22-36-20-9-4-10-21-36/h7-8,13-18,24,30H,2-6,9-12,19-23H2,1H3,(H2,33,35,39). The maximum atomic E-state index is 13.7. The molecule has 0 aromatic heterocycles. The van der Waals surface area contributed by atoms with E-state index in [4.69, 9.17) is 9.73 Å². The van der Waals surface area contributed by atoms with Gasteiger partial charge in [0, 0.05) is 30.3 Å². The number of nitrogens with zero attached hydrogens (tertiary/aromatic N) is 3. The summed E-state index contributed by atoms with van der Waals surface area (Å²) in [4.78, 5) is 36.0. The Balaban J connectivity index is 1.25. The zero-order valence-corrected chi connectivity index (χ0v) is 23.7. The smallest absolute Gasteiger partial charge is 0.321 e. The summed E-state index contributed by atoms with van der Waals surface area (Å²) in [6.45, 7) is 6.51. The summed E-state index contributed by atoms with van der Waals surface area (Å²) in [5.41, 5.74) is 3.47. The van der Waals surface area contributed by atoms with Crippen LogP contribution in [-0.4, -0.2) is 61.5 Å². The molecule has 2 fully saturated rings. The number of urea groups is 1. The second kappa shape index (κ2) is 13.8. The first kappa shape index (κ1) is 28.1. The number of carbonyl (C=O) groups excluding carboxylic acids is 2. The van der Waals surface area contributed by atoms with Crippen LogP contribution in [0.3, 0.4) is 0 Å². The Morgan fingerprint density at radius 2 is 1.68 bits per heavy atom. The van der Waals surface area contributed by atoms with E-state index in [-0.39, 0.29) is 5.91 Å². The van der Waals surface area contributed by atoms with Crippen molar-refractivity contribution in [2.24, 2.45) is 10.9 Å². The van der Waals surface area contributed by atoms with Crippen LogP contribution in [0.25, 0.3) is 0 Å². The van der Waals surface area contributed by atoms with Crippen LogP contribution in [0, 0.1) is 5.92 Å². The van der Waals surface area contributed by atoms with Gasteiger partial charge in [-0.25, -0.2) is 4.79 Å². The Labute approximate surface area is 238 Å². The van der Waals surface area contributed by atoms with Gasteiger partial charge in [0.1, 0.15) is 12.4 Å². The molecule has 1 saturated carbocycles. The normalized spacial score (nSPS) is 20.3. The zero-order valence-electron chi connectivity index (χ0n) is 23.7. The number of anilines is 2. The number of ether oxygens (including phenoxy) is 1. The van der Waals surface area contributed by atoms with Crippen molar-refractivity contribution in [1.82, 2.24) is 10.2 Å². The van der Waals surface area contributed by atoms with E-state index in [0.29, 0.717) is 24.8 Å². The van der Waals surface area contributed by atoms with Crippen molar-refractivity contribution in [3.05, 3.63) is 54.1 Å². The number of piperidine rings is 1. The second-order valence-corrected chi connectivity index (χ2v) is 11.1. The van der Waals surface area contributed by atoms with Gasteiger partial charge in [-0.2, -0.15) is 0 Å². The van der Waals surface area contributed by atoms with E-state index in [1.807, 2.05) is 42.5 Å². The number of rotatable bonds is 9. The molecule has 8 heteroatoms. The lowest BCUT2D eigenvalue weighted by Crippen LogP contribution is -2.48. The van der Waals surface area contributed by atoms with Gasteiger partial charge in [0.15, 0.2) is 0 Å². The molecule has 214 valence electrons. The van der Waals surface area contributed by atoms with Crippen LogP contribution in [0.1, 0.15) is 70.3 Å². The Bertz CT molecular complexity index is 1170. The van der Waals surface area contributed by atoms with E-state index in [9.17, 15) is 9.59 Å². The SMILES string of the molecule is CCCN1C(=O)C(NC(=O)Nc2ccc(OCCN3CCCCC3)cc2)N=C(C2CCCCC2)c2ccccc21. The third kappa shape index (κ3) is 7.02. The first-order chi connectivity index (χ1) is 19.6. The number of aliphatic imine (C=N–C) groups is 1. The number of fused-ring (bicyclic) bond motifs is 1. The van der Waals surface area contributed by atoms with Gasteiger partial charge in [-0.15, -0.1) is 0 Å². The first-order valence-corrected chi connectivity index (χ1v) is 15.1. The zero-order chi connectivity index (χ0) is 27.7. The highest BCUT2D eigenvalue weighted by molar-refractivity contribution is 6.14. The van der Waals surface area contributed by atoms with Crippen LogP contribution in [0.15, 0.2) is 53.5 Å². The minimum absolute atomic E-state index is 0.201. The van der Waals surface area contributed by atoms with Crippen molar-refractivity contribution in [2.45, 2.75) is 70.9 Å². The molecule has 0 bridgehead atoms. The molecule has 3 aliphatic rings. The van der Waals surface area contributed by atoms with Gasteiger partial charge in [-0.1, -0.05) is 50.8 Å². The first-order valence-electron chi connectivity index (χ1n) is 15.1. The minimum Gasteiger partial charge on any atom is -0.492 e. The largest absolute Gasteiger partial charge is 0.492 e. The molecule has 1 aliphatic carbocycles. The molecule has 0 spiro atoms. The predicted octanol–water partition coefficient (Wildman–Crippen LogP) is 5.83. The summed E-state index contributed by atoms with van der Waals surface area (Å²) >= 11 is 0. The Morgan fingerprint density at radius 1 is 0.950 bits per heavy atom. The second-order valence-electron chi connectivity index (χ2n) is 11.1. The molecule has 3 amide bonds. The molecule has 2 aliphatic heterocycles.